The van der Waals surface area contributed by atoms with Crippen molar-refractivity contribution in [3.8, 4) is 0 Å². The number of nitrogens with two attached hydrogens (primary N) is 1. The third-order valence-corrected chi connectivity index (χ3v) is 5.86. The predicted molar refractivity (Wildman–Crippen MR) is 108 cm³/mol. The van der Waals surface area contributed by atoms with Crippen molar-refractivity contribution in [3.05, 3.63) is 11.6 Å². The molecule has 4 N–H and O–H groups in total. The number of sulfone groups is 1. The number of hydrogen-bond donors (Lipinski definition) is 3. The lowest BCUT2D eigenvalue weighted by Gasteiger charge is -2.22. The number of nitrogens with one attached hydrogen (secondary N) is 1. The number of pyridine rings is 1. The maximum absolute atomic E-state index is 12.0. The summed E-state index contributed by atoms with van der Waals surface area (Å²) in [5.41, 5.74) is 7.32. The lowest BCUT2D eigenvalue weighted by atomic mass is 10.2. The average molecular weight is 441 g/mol. The third-order valence-electron chi connectivity index (χ3n) is 3.80. The average Bonchev–Trinajstić information content (AvgIpc) is 2.58. The lowest BCUT2D eigenvalue weighted by Crippen LogP contribution is -2.29. The van der Waals surface area contributed by atoms with Crippen molar-refractivity contribution < 1.29 is 30.3 Å². The molecule has 1 aromatic heterocycles. The molecule has 0 amide bonds. The fourth-order valence-corrected chi connectivity index (χ4v) is 3.72. The molecular formula is C15H28N4O7S2. The van der Waals surface area contributed by atoms with Crippen LogP contribution in [0.5, 0.6) is 0 Å². The van der Waals surface area contributed by atoms with Crippen LogP contribution in [0.25, 0.3) is 0 Å². The van der Waals surface area contributed by atoms with Gasteiger partial charge in [0.2, 0.25) is 0 Å². The zero-order chi connectivity index (χ0) is 21.4. The molecule has 0 aromatic carbocycles. The van der Waals surface area contributed by atoms with Crippen LogP contribution in [0.4, 0.5) is 17.3 Å². The quantitative estimate of drug-likeness (QED) is 0.281. The van der Waals surface area contributed by atoms with Crippen molar-refractivity contribution in [3.63, 3.8) is 0 Å². The first kappa shape index (κ1) is 24.4. The van der Waals surface area contributed by atoms with Gasteiger partial charge < -0.3 is 20.7 Å². The molecular weight excluding hydrogens is 412 g/mol. The van der Waals surface area contributed by atoms with Gasteiger partial charge in [-0.15, -0.1) is 0 Å². The van der Waals surface area contributed by atoms with Crippen molar-refractivity contribution in [2.75, 3.05) is 67.9 Å². The second kappa shape index (κ2) is 10.8. The molecule has 0 radical (unpaired) electrons. The molecule has 0 spiro atoms. The lowest BCUT2D eigenvalue weighted by molar-refractivity contribution is 0.198. The van der Waals surface area contributed by atoms with Gasteiger partial charge in [0, 0.05) is 33.9 Å². The first-order chi connectivity index (χ1) is 12.9. The van der Waals surface area contributed by atoms with E-state index in [9.17, 15) is 16.8 Å². The van der Waals surface area contributed by atoms with E-state index in [0.29, 0.717) is 30.5 Å². The van der Waals surface area contributed by atoms with Gasteiger partial charge in [-0.25, -0.2) is 17.6 Å². The SMILES string of the molecule is COCCCNc1cc(C)c(N)c(N(C)CCS(=O)(=O)CCOS(=O)(=O)O)n1. The van der Waals surface area contributed by atoms with Crippen molar-refractivity contribution in [1.29, 1.82) is 0 Å². The van der Waals surface area contributed by atoms with E-state index < -0.39 is 32.6 Å². The molecule has 13 heteroatoms. The van der Waals surface area contributed by atoms with E-state index in [0.717, 1.165) is 12.0 Å². The molecule has 0 aliphatic heterocycles. The van der Waals surface area contributed by atoms with Crippen LogP contribution in [0.3, 0.4) is 0 Å². The number of nitrogens with zero attached hydrogens (tertiary/aromatic N) is 2. The van der Waals surface area contributed by atoms with Gasteiger partial charge in [-0.05, 0) is 25.0 Å². The van der Waals surface area contributed by atoms with Crippen molar-refractivity contribution >= 4 is 37.6 Å². The normalized spacial score (nSPS) is 12.1. The zero-order valence-electron chi connectivity index (χ0n) is 16.2. The number of aryl methyl sites for hydroxylation is 1. The molecule has 1 aromatic rings. The number of aromatic nitrogens is 1. The second-order valence-electron chi connectivity index (χ2n) is 6.16. The van der Waals surface area contributed by atoms with Crippen LogP contribution < -0.4 is 16.0 Å². The minimum atomic E-state index is -4.66. The summed E-state index contributed by atoms with van der Waals surface area (Å²) in [6, 6.07) is 1.81. The van der Waals surface area contributed by atoms with E-state index in [1.54, 1.807) is 19.1 Å². The summed E-state index contributed by atoms with van der Waals surface area (Å²) in [6.45, 7) is 2.56. The first-order valence-electron chi connectivity index (χ1n) is 8.48. The van der Waals surface area contributed by atoms with E-state index >= 15 is 0 Å². The van der Waals surface area contributed by atoms with Gasteiger partial charge in [-0.2, -0.15) is 8.42 Å². The van der Waals surface area contributed by atoms with Crippen LogP contribution in [0.15, 0.2) is 6.07 Å². The minimum Gasteiger partial charge on any atom is -0.396 e. The highest BCUT2D eigenvalue weighted by atomic mass is 32.3. The fourth-order valence-electron chi connectivity index (χ4n) is 2.23. The minimum absolute atomic E-state index is 0.0952. The van der Waals surface area contributed by atoms with Crippen molar-refractivity contribution in [2.45, 2.75) is 13.3 Å². The fraction of sp³-hybridized carbons (Fsp3) is 0.667. The van der Waals surface area contributed by atoms with Crippen LogP contribution in [0.2, 0.25) is 0 Å². The topological polar surface area (TPSA) is 161 Å². The largest absolute Gasteiger partial charge is 0.397 e. The van der Waals surface area contributed by atoms with E-state index in [1.165, 1.54) is 0 Å². The molecule has 0 aliphatic carbocycles. The Bertz CT molecular complexity index is 844. The van der Waals surface area contributed by atoms with E-state index in [1.807, 2.05) is 13.0 Å². The number of anilines is 3. The summed E-state index contributed by atoms with van der Waals surface area (Å²) >= 11 is 0. The van der Waals surface area contributed by atoms with Gasteiger partial charge in [0.05, 0.1) is 23.8 Å². The van der Waals surface area contributed by atoms with Gasteiger partial charge in [-0.3, -0.25) is 4.55 Å². The van der Waals surface area contributed by atoms with Crippen molar-refractivity contribution in [1.82, 2.24) is 4.98 Å². The van der Waals surface area contributed by atoms with Crippen LogP contribution in [-0.2, 0) is 29.2 Å². The van der Waals surface area contributed by atoms with Gasteiger partial charge in [0.1, 0.15) is 5.82 Å². The van der Waals surface area contributed by atoms with E-state index in [4.69, 9.17) is 15.0 Å². The molecule has 0 saturated heterocycles. The summed E-state index contributed by atoms with van der Waals surface area (Å²) < 4.78 is 62.5. The first-order valence-corrected chi connectivity index (χ1v) is 11.7. The number of rotatable bonds is 13. The molecule has 0 unspecified atom stereocenters. The molecule has 1 heterocycles. The molecule has 0 bridgehead atoms. The Balaban J connectivity index is 2.71. The molecule has 0 saturated carbocycles. The number of ether oxygens (including phenoxy) is 1. The highest BCUT2D eigenvalue weighted by Gasteiger charge is 2.17. The number of nitrogen functional groups attached to an aromatic ring is 1. The van der Waals surface area contributed by atoms with E-state index in [-0.39, 0.29) is 12.3 Å². The standard InChI is InChI=1S/C15H28N4O7S2/c1-12-11-13(17-5-4-7-25-3)18-15(14(12)16)19(2)6-9-27(20,21)10-8-26-28(22,23)24/h11H,4-10,16H2,1-3H3,(H,17,18)(H,22,23,24). The molecule has 162 valence electrons. The smallest absolute Gasteiger partial charge is 0.396 e. The highest BCUT2D eigenvalue weighted by Crippen LogP contribution is 2.26. The van der Waals surface area contributed by atoms with Crippen LogP contribution in [-0.4, -0.2) is 78.3 Å². The molecule has 1 rings (SSSR count). The Morgan fingerprint density at radius 3 is 2.54 bits per heavy atom. The van der Waals surface area contributed by atoms with Crippen LogP contribution in [0.1, 0.15) is 12.0 Å². The predicted octanol–water partition coefficient (Wildman–Crippen LogP) is 0.0910. The monoisotopic (exact) mass is 440 g/mol. The highest BCUT2D eigenvalue weighted by molar-refractivity contribution is 7.91. The Labute approximate surface area is 166 Å². The van der Waals surface area contributed by atoms with Crippen LogP contribution >= 0.6 is 0 Å². The summed E-state index contributed by atoms with van der Waals surface area (Å²) in [7, 11) is -4.97. The number of methoxy groups -OCH3 is 1. The maximum atomic E-state index is 12.0. The molecule has 0 fully saturated rings. The van der Waals surface area contributed by atoms with Crippen molar-refractivity contribution in [2.24, 2.45) is 0 Å². The van der Waals surface area contributed by atoms with Crippen LogP contribution in [0, 0.1) is 6.92 Å². The summed E-state index contributed by atoms with van der Waals surface area (Å²) in [5, 5.41) is 3.17. The molecule has 0 atom stereocenters. The van der Waals surface area contributed by atoms with Gasteiger partial charge in [0.15, 0.2) is 15.7 Å². The summed E-state index contributed by atoms with van der Waals surface area (Å²) in [4.78, 5) is 6.06. The Hall–Kier alpha value is -1.67. The Morgan fingerprint density at radius 1 is 1.25 bits per heavy atom. The third kappa shape index (κ3) is 9.01. The Kier molecular flexibility index (Phi) is 9.36. The second-order valence-corrected chi connectivity index (χ2v) is 9.55. The number of hydrogen-bond acceptors (Lipinski definition) is 10. The van der Waals surface area contributed by atoms with Gasteiger partial charge in [0.25, 0.3) is 0 Å². The molecule has 0 aliphatic rings. The van der Waals surface area contributed by atoms with E-state index in [2.05, 4.69) is 14.5 Å². The zero-order valence-corrected chi connectivity index (χ0v) is 17.8. The summed E-state index contributed by atoms with van der Waals surface area (Å²) in [6.07, 6.45) is 0.802. The van der Waals surface area contributed by atoms with Gasteiger partial charge in [-0.1, -0.05) is 0 Å². The molecule has 28 heavy (non-hydrogen) atoms. The molecule has 11 nitrogen and oxygen atoms in total. The maximum Gasteiger partial charge on any atom is 0.397 e. The summed E-state index contributed by atoms with van der Waals surface area (Å²) in [5.74, 6) is 0.265. The van der Waals surface area contributed by atoms with Gasteiger partial charge >= 0.3 is 10.4 Å². The Morgan fingerprint density at radius 2 is 1.93 bits per heavy atom.